The average molecular weight is 351 g/mol. The van der Waals surface area contributed by atoms with Crippen LogP contribution < -0.4 is 5.32 Å². The number of imidazole rings is 1. The highest BCUT2D eigenvalue weighted by Gasteiger charge is 2.15. The first-order valence-corrected chi connectivity index (χ1v) is 9.73. The first-order chi connectivity index (χ1) is 11.0. The molecule has 0 atom stereocenters. The van der Waals surface area contributed by atoms with Crippen LogP contribution >= 0.6 is 11.3 Å². The van der Waals surface area contributed by atoms with Crippen LogP contribution in [0.15, 0.2) is 29.0 Å². The van der Waals surface area contributed by atoms with Gasteiger partial charge >= 0.3 is 0 Å². The van der Waals surface area contributed by atoms with Crippen molar-refractivity contribution in [2.24, 2.45) is 0 Å². The first kappa shape index (κ1) is 15.9. The summed E-state index contributed by atoms with van der Waals surface area (Å²) in [6, 6.07) is 3.48. The van der Waals surface area contributed by atoms with Crippen molar-refractivity contribution < 1.29 is 8.42 Å². The van der Waals surface area contributed by atoms with Gasteiger partial charge in [-0.2, -0.15) is 0 Å². The van der Waals surface area contributed by atoms with Crippen LogP contribution in [0.4, 0.5) is 5.82 Å². The zero-order valence-electron chi connectivity index (χ0n) is 12.9. The molecule has 0 saturated heterocycles. The number of aromatic nitrogens is 4. The number of sulfone groups is 1. The highest BCUT2D eigenvalue weighted by Crippen LogP contribution is 2.24. The Morgan fingerprint density at radius 1 is 1.22 bits per heavy atom. The second kappa shape index (κ2) is 6.25. The molecule has 0 spiro atoms. The molecule has 0 saturated carbocycles. The molecule has 9 heteroatoms. The fraction of sp³-hybridized carbons (Fsp3) is 0.357. The lowest BCUT2D eigenvalue weighted by molar-refractivity contribution is 0.599. The van der Waals surface area contributed by atoms with E-state index in [-0.39, 0.29) is 5.75 Å². The number of hydrogen-bond donors (Lipinski definition) is 1. The molecule has 0 radical (unpaired) electrons. The molecule has 122 valence electrons. The third-order valence-electron chi connectivity index (χ3n) is 3.50. The molecule has 3 heterocycles. The Labute approximate surface area is 138 Å². The molecular formula is C14H17N5O2S2. The lowest BCUT2D eigenvalue weighted by Crippen LogP contribution is -2.02. The van der Waals surface area contributed by atoms with Crippen molar-refractivity contribution in [2.45, 2.75) is 31.1 Å². The Morgan fingerprint density at radius 2 is 2.04 bits per heavy atom. The highest BCUT2D eigenvalue weighted by molar-refractivity contribution is 7.93. The van der Waals surface area contributed by atoms with Gasteiger partial charge in [0.1, 0.15) is 16.1 Å². The van der Waals surface area contributed by atoms with Crippen molar-refractivity contribution in [1.29, 1.82) is 0 Å². The monoisotopic (exact) mass is 351 g/mol. The molecule has 0 amide bonds. The fourth-order valence-electron chi connectivity index (χ4n) is 2.17. The van der Waals surface area contributed by atoms with Gasteiger partial charge in [-0.05, 0) is 19.1 Å². The summed E-state index contributed by atoms with van der Waals surface area (Å²) in [6.07, 6.45) is 3.24. The second-order valence-corrected chi connectivity index (χ2v) is 8.58. The molecule has 3 aromatic rings. The molecule has 23 heavy (non-hydrogen) atoms. The van der Waals surface area contributed by atoms with Gasteiger partial charge in [-0.25, -0.2) is 23.4 Å². The Balaban J connectivity index is 1.80. The maximum Gasteiger partial charge on any atom is 0.187 e. The first-order valence-electron chi connectivity index (χ1n) is 7.26. The van der Waals surface area contributed by atoms with Gasteiger partial charge in [-0.15, -0.1) is 11.3 Å². The van der Waals surface area contributed by atoms with Gasteiger partial charge < -0.3 is 9.88 Å². The number of nitrogens with zero attached hydrogens (tertiary/aromatic N) is 4. The van der Waals surface area contributed by atoms with Gasteiger partial charge in [0.05, 0.1) is 18.6 Å². The molecule has 1 N–H and O–H groups in total. The van der Waals surface area contributed by atoms with E-state index in [9.17, 15) is 8.42 Å². The number of hydrogen-bond acceptors (Lipinski definition) is 7. The SMILES string of the molecule is CCn1cnc2c(NCc3ccc(S(=O)(=O)CC)s3)ncnc21. The molecule has 0 aromatic carbocycles. The van der Waals surface area contributed by atoms with Crippen LogP contribution in [-0.4, -0.2) is 33.7 Å². The summed E-state index contributed by atoms with van der Waals surface area (Å²) in [4.78, 5) is 13.7. The van der Waals surface area contributed by atoms with Crippen molar-refractivity contribution in [3.05, 3.63) is 29.7 Å². The molecule has 0 aliphatic rings. The highest BCUT2D eigenvalue weighted by atomic mass is 32.2. The molecule has 0 aliphatic carbocycles. The number of nitrogens with one attached hydrogen (secondary N) is 1. The predicted octanol–water partition coefficient (Wildman–Crippen LogP) is 2.31. The summed E-state index contributed by atoms with van der Waals surface area (Å²) in [7, 11) is -3.15. The minimum Gasteiger partial charge on any atom is -0.363 e. The number of anilines is 1. The Bertz CT molecular complexity index is 930. The molecule has 0 fully saturated rings. The zero-order chi connectivity index (χ0) is 16.4. The van der Waals surface area contributed by atoms with Gasteiger partial charge in [0.25, 0.3) is 0 Å². The van der Waals surface area contributed by atoms with Gasteiger partial charge in [-0.1, -0.05) is 6.92 Å². The van der Waals surface area contributed by atoms with Crippen LogP contribution in [0.25, 0.3) is 11.2 Å². The van der Waals surface area contributed by atoms with Crippen LogP contribution in [0, 0.1) is 0 Å². The van der Waals surface area contributed by atoms with E-state index in [1.807, 2.05) is 17.6 Å². The van der Waals surface area contributed by atoms with E-state index in [4.69, 9.17) is 0 Å². The van der Waals surface area contributed by atoms with Crippen molar-refractivity contribution in [3.63, 3.8) is 0 Å². The van der Waals surface area contributed by atoms with Crippen molar-refractivity contribution in [3.8, 4) is 0 Å². The van der Waals surface area contributed by atoms with Crippen LogP contribution in [0.2, 0.25) is 0 Å². The van der Waals surface area contributed by atoms with Crippen molar-refractivity contribution >= 4 is 38.2 Å². The largest absolute Gasteiger partial charge is 0.363 e. The molecule has 3 aromatic heterocycles. The van der Waals surface area contributed by atoms with E-state index in [1.54, 1.807) is 19.3 Å². The van der Waals surface area contributed by atoms with Crippen molar-refractivity contribution in [2.75, 3.05) is 11.1 Å². The van der Waals surface area contributed by atoms with Crippen LogP contribution in [-0.2, 0) is 22.9 Å². The summed E-state index contributed by atoms with van der Waals surface area (Å²) < 4.78 is 26.1. The Kier molecular flexibility index (Phi) is 4.31. The summed E-state index contributed by atoms with van der Waals surface area (Å²) in [5, 5.41) is 3.21. The third-order valence-corrected chi connectivity index (χ3v) is 6.90. The second-order valence-electron chi connectivity index (χ2n) is 4.90. The zero-order valence-corrected chi connectivity index (χ0v) is 14.5. The summed E-state index contributed by atoms with van der Waals surface area (Å²) in [5.41, 5.74) is 1.50. The van der Waals surface area contributed by atoms with Gasteiger partial charge in [0.2, 0.25) is 0 Å². The normalized spacial score (nSPS) is 11.9. The Hall–Kier alpha value is -2.00. The van der Waals surface area contributed by atoms with Gasteiger partial charge in [-0.3, -0.25) is 0 Å². The number of rotatable bonds is 6. The summed E-state index contributed by atoms with van der Waals surface area (Å²) in [6.45, 7) is 4.96. The summed E-state index contributed by atoms with van der Waals surface area (Å²) in [5.74, 6) is 0.761. The average Bonchev–Trinajstić information content (AvgIpc) is 3.20. The topological polar surface area (TPSA) is 89.8 Å². The number of aryl methyl sites for hydroxylation is 1. The van der Waals surface area contributed by atoms with E-state index in [0.717, 1.165) is 17.1 Å². The standard InChI is InChI=1S/C14H17N5O2S2/c1-3-19-9-18-12-13(16-8-17-14(12)19)15-7-10-5-6-11(22-10)23(20,21)4-2/h5-6,8-9H,3-4,7H2,1-2H3,(H,15,16,17). The van der Waals surface area contributed by atoms with E-state index in [2.05, 4.69) is 20.3 Å². The number of fused-ring (bicyclic) bond motifs is 1. The smallest absolute Gasteiger partial charge is 0.187 e. The van der Waals surface area contributed by atoms with E-state index >= 15 is 0 Å². The van der Waals surface area contributed by atoms with E-state index in [0.29, 0.717) is 22.1 Å². The molecule has 7 nitrogen and oxygen atoms in total. The molecule has 0 bridgehead atoms. The lowest BCUT2D eigenvalue weighted by Gasteiger charge is -2.04. The van der Waals surface area contributed by atoms with E-state index < -0.39 is 9.84 Å². The molecule has 0 aliphatic heterocycles. The number of thiophene rings is 1. The lowest BCUT2D eigenvalue weighted by atomic mass is 10.4. The van der Waals surface area contributed by atoms with Crippen LogP contribution in [0.1, 0.15) is 18.7 Å². The minimum absolute atomic E-state index is 0.112. The maximum atomic E-state index is 11.9. The molecule has 3 rings (SSSR count). The van der Waals surface area contributed by atoms with Gasteiger partial charge in [0.15, 0.2) is 21.3 Å². The summed E-state index contributed by atoms with van der Waals surface area (Å²) >= 11 is 1.28. The molecule has 0 unspecified atom stereocenters. The van der Waals surface area contributed by atoms with Crippen LogP contribution in [0.5, 0.6) is 0 Å². The quantitative estimate of drug-likeness (QED) is 0.733. The fourth-order valence-corrected chi connectivity index (χ4v) is 4.59. The predicted molar refractivity (Wildman–Crippen MR) is 90.4 cm³/mol. The van der Waals surface area contributed by atoms with E-state index in [1.165, 1.54) is 17.7 Å². The minimum atomic E-state index is -3.15. The van der Waals surface area contributed by atoms with Crippen molar-refractivity contribution in [1.82, 2.24) is 19.5 Å². The van der Waals surface area contributed by atoms with Gasteiger partial charge in [0, 0.05) is 11.4 Å². The maximum absolute atomic E-state index is 11.9. The molecular weight excluding hydrogens is 334 g/mol. The third kappa shape index (κ3) is 3.06. The van der Waals surface area contributed by atoms with Crippen LogP contribution in [0.3, 0.4) is 0 Å². The Morgan fingerprint density at radius 3 is 2.78 bits per heavy atom.